The van der Waals surface area contributed by atoms with Crippen LogP contribution in [0.3, 0.4) is 0 Å². The summed E-state index contributed by atoms with van der Waals surface area (Å²) in [6.07, 6.45) is 1.35. The van der Waals surface area contributed by atoms with Crippen molar-refractivity contribution in [2.45, 2.75) is 64.9 Å². The fourth-order valence-electron chi connectivity index (χ4n) is 3.08. The van der Waals surface area contributed by atoms with Gasteiger partial charge in [0.25, 0.3) is 0 Å². The Kier molecular flexibility index (Phi) is 6.89. The molecule has 0 amide bonds. The molecule has 2 atom stereocenters. The van der Waals surface area contributed by atoms with Gasteiger partial charge in [-0.15, -0.1) is 0 Å². The van der Waals surface area contributed by atoms with Gasteiger partial charge in [0.2, 0.25) is 0 Å². The van der Waals surface area contributed by atoms with Crippen molar-refractivity contribution in [2.24, 2.45) is 0 Å². The Morgan fingerprint density at radius 1 is 1.00 bits per heavy atom. The molecule has 4 nitrogen and oxygen atoms in total. The van der Waals surface area contributed by atoms with Crippen molar-refractivity contribution in [1.82, 2.24) is 0 Å². The van der Waals surface area contributed by atoms with Gasteiger partial charge in [-0.05, 0) is 80.8 Å². The summed E-state index contributed by atoms with van der Waals surface area (Å²) in [7, 11) is 0. The van der Waals surface area contributed by atoms with Gasteiger partial charge in [0.15, 0.2) is 0 Å². The second-order valence-electron chi connectivity index (χ2n) is 7.97. The number of hydrogen-bond donors (Lipinski definition) is 1. The molecule has 2 aromatic rings. The molecule has 0 radical (unpaired) electrons. The Hall–Kier alpha value is -2.49. The lowest BCUT2D eigenvalue weighted by molar-refractivity contribution is 0.0206. The minimum atomic E-state index is -0.693. The van der Waals surface area contributed by atoms with Crippen LogP contribution in [0, 0.1) is 0 Å². The number of carbonyl (C=O) groups is 1. The molecule has 0 aliphatic carbocycles. The van der Waals surface area contributed by atoms with E-state index in [1.807, 2.05) is 24.3 Å². The molecule has 1 N–H and O–H groups in total. The SMILES string of the molecule is CCC(CC(C)c1ccc(OC(=O)OC(C)(C)C)cc1)c1ccc(O)cc1. The molecule has 2 unspecified atom stereocenters. The van der Waals surface area contributed by atoms with Crippen LogP contribution in [0.4, 0.5) is 4.79 Å². The summed E-state index contributed by atoms with van der Waals surface area (Å²) in [5, 5.41) is 9.48. The van der Waals surface area contributed by atoms with E-state index >= 15 is 0 Å². The fraction of sp³-hybridized carbons (Fsp3) is 0.435. The first-order valence-corrected chi connectivity index (χ1v) is 9.47. The van der Waals surface area contributed by atoms with Gasteiger partial charge in [-0.3, -0.25) is 0 Å². The van der Waals surface area contributed by atoms with Crippen LogP contribution in [0.15, 0.2) is 48.5 Å². The maximum absolute atomic E-state index is 11.7. The Morgan fingerprint density at radius 3 is 2.07 bits per heavy atom. The minimum Gasteiger partial charge on any atom is -0.508 e. The normalized spacial score (nSPS) is 13.7. The van der Waals surface area contributed by atoms with Gasteiger partial charge >= 0.3 is 6.16 Å². The molecule has 2 rings (SSSR count). The third-order valence-corrected chi connectivity index (χ3v) is 4.54. The Morgan fingerprint density at radius 2 is 1.56 bits per heavy atom. The van der Waals surface area contributed by atoms with Crippen LogP contribution in [-0.4, -0.2) is 16.9 Å². The molecule has 0 saturated heterocycles. The summed E-state index contributed by atoms with van der Waals surface area (Å²) in [5.74, 6) is 1.56. The zero-order valence-electron chi connectivity index (χ0n) is 16.9. The average Bonchev–Trinajstić information content (AvgIpc) is 2.59. The smallest absolute Gasteiger partial charge is 0.508 e. The molecular formula is C23H30O4. The predicted octanol–water partition coefficient (Wildman–Crippen LogP) is 6.39. The molecule has 27 heavy (non-hydrogen) atoms. The van der Waals surface area contributed by atoms with Gasteiger partial charge < -0.3 is 14.6 Å². The van der Waals surface area contributed by atoms with Crippen molar-refractivity contribution in [1.29, 1.82) is 0 Å². The Labute approximate surface area is 162 Å². The van der Waals surface area contributed by atoms with Crippen molar-refractivity contribution in [3.8, 4) is 11.5 Å². The van der Waals surface area contributed by atoms with Crippen LogP contribution in [0.2, 0.25) is 0 Å². The molecule has 0 aliphatic rings. The molecule has 2 aromatic carbocycles. The average molecular weight is 370 g/mol. The van der Waals surface area contributed by atoms with Crippen LogP contribution in [0.1, 0.15) is 70.4 Å². The minimum absolute atomic E-state index is 0.294. The van der Waals surface area contributed by atoms with E-state index in [4.69, 9.17) is 9.47 Å². The lowest BCUT2D eigenvalue weighted by Gasteiger charge is -2.21. The number of phenols is 1. The summed E-state index contributed by atoms with van der Waals surface area (Å²) in [5.41, 5.74) is 1.87. The van der Waals surface area contributed by atoms with Gasteiger partial charge in [0, 0.05) is 0 Å². The van der Waals surface area contributed by atoms with Crippen LogP contribution >= 0.6 is 0 Å². The standard InChI is InChI=1S/C23H30O4/c1-6-17(19-7-11-20(24)12-8-19)15-16(2)18-9-13-21(14-10-18)26-22(25)27-23(3,4)5/h7-14,16-17,24H,6,15H2,1-5H3. The number of phenolic OH excluding ortho intramolecular Hbond substituents is 1. The second-order valence-corrected chi connectivity index (χ2v) is 7.97. The Balaban J connectivity index is 1.99. The maximum atomic E-state index is 11.7. The number of rotatable bonds is 6. The van der Waals surface area contributed by atoms with E-state index in [2.05, 4.69) is 13.8 Å². The van der Waals surface area contributed by atoms with Gasteiger partial charge in [-0.25, -0.2) is 4.79 Å². The molecule has 0 heterocycles. The van der Waals surface area contributed by atoms with Crippen molar-refractivity contribution in [2.75, 3.05) is 0 Å². The van der Waals surface area contributed by atoms with E-state index in [9.17, 15) is 9.90 Å². The van der Waals surface area contributed by atoms with Crippen molar-refractivity contribution in [3.63, 3.8) is 0 Å². The largest absolute Gasteiger partial charge is 0.514 e. The molecular weight excluding hydrogens is 340 g/mol. The number of aromatic hydroxyl groups is 1. The third kappa shape index (κ3) is 6.63. The first-order valence-electron chi connectivity index (χ1n) is 9.47. The number of benzene rings is 2. The zero-order valence-corrected chi connectivity index (χ0v) is 16.9. The summed E-state index contributed by atoms with van der Waals surface area (Å²) < 4.78 is 10.4. The summed E-state index contributed by atoms with van der Waals surface area (Å²) in [4.78, 5) is 11.7. The summed E-state index contributed by atoms with van der Waals surface area (Å²) >= 11 is 0. The van der Waals surface area contributed by atoms with E-state index in [0.29, 0.717) is 23.3 Å². The first-order chi connectivity index (χ1) is 12.7. The first kappa shape index (κ1) is 20.8. The second kappa shape index (κ2) is 8.94. The summed E-state index contributed by atoms with van der Waals surface area (Å²) in [6, 6.07) is 15.1. The molecule has 4 heteroatoms. The molecule has 0 aromatic heterocycles. The monoisotopic (exact) mass is 370 g/mol. The molecule has 0 saturated carbocycles. The maximum Gasteiger partial charge on any atom is 0.514 e. The molecule has 0 aliphatic heterocycles. The van der Waals surface area contributed by atoms with Crippen molar-refractivity contribution < 1.29 is 19.4 Å². The number of carbonyl (C=O) groups excluding carboxylic acids is 1. The van der Waals surface area contributed by atoms with Crippen LogP contribution < -0.4 is 4.74 Å². The van der Waals surface area contributed by atoms with Gasteiger partial charge in [0.05, 0.1) is 0 Å². The Bertz CT molecular complexity index is 726. The van der Waals surface area contributed by atoms with Crippen LogP contribution in [0.25, 0.3) is 0 Å². The van der Waals surface area contributed by atoms with E-state index in [1.54, 1.807) is 45.0 Å². The van der Waals surface area contributed by atoms with E-state index in [0.717, 1.165) is 12.8 Å². The molecule has 0 spiro atoms. The highest BCUT2D eigenvalue weighted by Crippen LogP contribution is 2.33. The van der Waals surface area contributed by atoms with Crippen LogP contribution in [-0.2, 0) is 4.74 Å². The molecule has 0 bridgehead atoms. The quantitative estimate of drug-likeness (QED) is 0.472. The van der Waals surface area contributed by atoms with E-state index in [1.165, 1.54) is 11.1 Å². The highest BCUT2D eigenvalue weighted by atomic mass is 16.7. The number of hydrogen-bond acceptors (Lipinski definition) is 4. The topological polar surface area (TPSA) is 55.8 Å². The summed E-state index contributed by atoms with van der Waals surface area (Å²) in [6.45, 7) is 9.79. The van der Waals surface area contributed by atoms with Crippen molar-refractivity contribution in [3.05, 3.63) is 59.7 Å². The third-order valence-electron chi connectivity index (χ3n) is 4.54. The van der Waals surface area contributed by atoms with Gasteiger partial charge in [-0.1, -0.05) is 38.1 Å². The van der Waals surface area contributed by atoms with E-state index < -0.39 is 11.8 Å². The van der Waals surface area contributed by atoms with Gasteiger partial charge in [0.1, 0.15) is 17.1 Å². The predicted molar refractivity (Wildman–Crippen MR) is 107 cm³/mol. The molecule has 0 fully saturated rings. The lowest BCUT2D eigenvalue weighted by atomic mass is 9.84. The lowest BCUT2D eigenvalue weighted by Crippen LogP contribution is -2.25. The highest BCUT2D eigenvalue weighted by molar-refractivity contribution is 5.64. The number of ether oxygens (including phenoxy) is 2. The van der Waals surface area contributed by atoms with E-state index in [-0.39, 0.29) is 0 Å². The van der Waals surface area contributed by atoms with Crippen molar-refractivity contribution >= 4 is 6.16 Å². The fourth-order valence-corrected chi connectivity index (χ4v) is 3.08. The van der Waals surface area contributed by atoms with Gasteiger partial charge in [-0.2, -0.15) is 0 Å². The molecule has 146 valence electrons. The highest BCUT2D eigenvalue weighted by Gasteiger charge is 2.19. The van der Waals surface area contributed by atoms with Crippen LogP contribution in [0.5, 0.6) is 11.5 Å². The zero-order chi connectivity index (χ0) is 20.0.